The molecule has 2 aromatic rings. The van der Waals surface area contributed by atoms with E-state index < -0.39 is 10.2 Å². The highest BCUT2D eigenvalue weighted by Gasteiger charge is 2.35. The third-order valence-corrected chi connectivity index (χ3v) is 7.84. The van der Waals surface area contributed by atoms with Crippen LogP contribution < -0.4 is 5.32 Å². The van der Waals surface area contributed by atoms with Crippen LogP contribution in [0, 0.1) is 13.8 Å². The highest BCUT2D eigenvalue weighted by Crippen LogP contribution is 2.31. The van der Waals surface area contributed by atoms with Crippen LogP contribution in [0.2, 0.25) is 0 Å². The Hall–Kier alpha value is -1.96. The van der Waals surface area contributed by atoms with Gasteiger partial charge in [-0.3, -0.25) is 4.98 Å². The first-order chi connectivity index (χ1) is 13.9. The monoisotopic (exact) mass is 414 g/mol. The number of aromatic nitrogens is 1. The largest absolute Gasteiger partial charge is 0.355 e. The first-order valence-corrected chi connectivity index (χ1v) is 11.9. The zero-order valence-corrected chi connectivity index (χ0v) is 18.1. The Morgan fingerprint density at radius 2 is 1.62 bits per heavy atom. The van der Waals surface area contributed by atoms with E-state index in [0.717, 1.165) is 48.4 Å². The van der Waals surface area contributed by atoms with E-state index in [1.807, 2.05) is 13.0 Å². The van der Waals surface area contributed by atoms with Crippen molar-refractivity contribution in [2.24, 2.45) is 0 Å². The molecule has 1 N–H and O–H groups in total. The summed E-state index contributed by atoms with van der Waals surface area (Å²) in [5.41, 5.74) is 5.17. The maximum absolute atomic E-state index is 13.0. The van der Waals surface area contributed by atoms with Crippen LogP contribution >= 0.6 is 0 Å². The van der Waals surface area contributed by atoms with Gasteiger partial charge in [0.1, 0.15) is 0 Å². The van der Waals surface area contributed by atoms with Gasteiger partial charge in [-0.15, -0.1) is 0 Å². The van der Waals surface area contributed by atoms with Crippen LogP contribution in [-0.4, -0.2) is 48.2 Å². The van der Waals surface area contributed by atoms with Crippen LogP contribution in [0.4, 0.5) is 11.4 Å². The lowest BCUT2D eigenvalue weighted by Gasteiger charge is -2.34. The minimum absolute atomic E-state index is 0.125. The summed E-state index contributed by atoms with van der Waals surface area (Å²) in [6.45, 7) is 6.48. The molecule has 156 valence electrons. The Morgan fingerprint density at radius 3 is 2.34 bits per heavy atom. The Labute approximate surface area is 174 Å². The van der Waals surface area contributed by atoms with E-state index in [0.29, 0.717) is 26.2 Å². The Bertz CT molecular complexity index is 953. The van der Waals surface area contributed by atoms with Crippen molar-refractivity contribution in [2.45, 2.75) is 45.4 Å². The molecule has 2 saturated heterocycles. The van der Waals surface area contributed by atoms with Gasteiger partial charge in [0.25, 0.3) is 10.2 Å². The average Bonchev–Trinajstić information content (AvgIpc) is 3.25. The Morgan fingerprint density at radius 1 is 0.931 bits per heavy atom. The number of hydrogen-bond acceptors (Lipinski definition) is 4. The highest BCUT2D eigenvalue weighted by molar-refractivity contribution is 7.86. The molecular formula is C22H30N4O2S. The minimum atomic E-state index is -3.35. The number of piperidine rings is 1. The molecule has 0 spiro atoms. The molecule has 0 radical (unpaired) electrons. The molecule has 29 heavy (non-hydrogen) atoms. The Kier molecular flexibility index (Phi) is 5.90. The van der Waals surface area contributed by atoms with Crippen molar-refractivity contribution in [2.75, 3.05) is 31.5 Å². The molecular weight excluding hydrogens is 384 g/mol. The van der Waals surface area contributed by atoms with Crippen LogP contribution in [0.25, 0.3) is 0 Å². The minimum Gasteiger partial charge on any atom is -0.355 e. The second kappa shape index (κ2) is 8.42. The maximum Gasteiger partial charge on any atom is 0.281 e. The van der Waals surface area contributed by atoms with Crippen LogP contribution in [0.5, 0.6) is 0 Å². The number of rotatable bonds is 5. The molecule has 0 aliphatic carbocycles. The van der Waals surface area contributed by atoms with Gasteiger partial charge in [-0.05, 0) is 63.8 Å². The smallest absolute Gasteiger partial charge is 0.281 e. The van der Waals surface area contributed by atoms with Gasteiger partial charge in [0.15, 0.2) is 0 Å². The first kappa shape index (κ1) is 20.3. The zero-order chi connectivity index (χ0) is 20.4. The fourth-order valence-corrected chi connectivity index (χ4v) is 6.03. The quantitative estimate of drug-likeness (QED) is 0.804. The summed E-state index contributed by atoms with van der Waals surface area (Å²) in [6.07, 6.45) is 3.76. The number of aryl methyl sites for hydroxylation is 2. The molecule has 2 aliphatic rings. The van der Waals surface area contributed by atoms with Gasteiger partial charge in [-0.1, -0.05) is 17.7 Å². The predicted molar refractivity (Wildman–Crippen MR) is 117 cm³/mol. The van der Waals surface area contributed by atoms with Crippen molar-refractivity contribution in [1.82, 2.24) is 13.6 Å². The fourth-order valence-electron chi connectivity index (χ4n) is 4.25. The standard InChI is InChI=1S/C22H30N4O2S/c1-17-7-9-20(10-8-17)24-21-14-18(2)23-22(15-21)19-6-5-13-26(16-19)29(27,28)25-11-3-4-12-25/h7-10,14-15,19H,3-6,11-13,16H2,1-2H3,(H,23,24)/t19-/m0/s1. The number of pyridine rings is 1. The number of nitrogens with zero attached hydrogens (tertiary/aromatic N) is 3. The van der Waals surface area contributed by atoms with E-state index in [9.17, 15) is 8.42 Å². The van der Waals surface area contributed by atoms with Gasteiger partial charge < -0.3 is 5.32 Å². The van der Waals surface area contributed by atoms with Gasteiger partial charge in [0.05, 0.1) is 0 Å². The molecule has 7 heteroatoms. The normalized spacial score (nSPS) is 21.4. The molecule has 2 aliphatic heterocycles. The van der Waals surface area contributed by atoms with Crippen molar-refractivity contribution < 1.29 is 8.42 Å². The number of hydrogen-bond donors (Lipinski definition) is 1. The van der Waals surface area contributed by atoms with Gasteiger partial charge in [0.2, 0.25) is 0 Å². The number of anilines is 2. The third-order valence-electron chi connectivity index (χ3n) is 5.83. The molecule has 2 fully saturated rings. The topological polar surface area (TPSA) is 65.5 Å². The van der Waals surface area contributed by atoms with E-state index in [1.54, 1.807) is 8.61 Å². The van der Waals surface area contributed by atoms with Crippen LogP contribution in [0.15, 0.2) is 36.4 Å². The number of nitrogens with one attached hydrogen (secondary N) is 1. The van der Waals surface area contributed by atoms with Crippen LogP contribution in [0.1, 0.15) is 48.6 Å². The summed E-state index contributed by atoms with van der Waals surface area (Å²) in [5.74, 6) is 0.125. The molecule has 1 aromatic heterocycles. The zero-order valence-electron chi connectivity index (χ0n) is 17.3. The lowest BCUT2D eigenvalue weighted by atomic mass is 9.95. The first-order valence-electron chi connectivity index (χ1n) is 10.5. The summed E-state index contributed by atoms with van der Waals surface area (Å²) in [7, 11) is -3.35. The molecule has 0 unspecified atom stereocenters. The highest BCUT2D eigenvalue weighted by atomic mass is 32.2. The summed E-state index contributed by atoms with van der Waals surface area (Å²) in [6, 6.07) is 12.4. The molecule has 3 heterocycles. The summed E-state index contributed by atoms with van der Waals surface area (Å²) < 4.78 is 29.3. The van der Waals surface area contributed by atoms with Crippen molar-refractivity contribution in [3.63, 3.8) is 0 Å². The lowest BCUT2D eigenvalue weighted by molar-refractivity contribution is 0.290. The van der Waals surface area contributed by atoms with Crippen molar-refractivity contribution in [1.29, 1.82) is 0 Å². The Balaban J connectivity index is 1.52. The van der Waals surface area contributed by atoms with E-state index >= 15 is 0 Å². The van der Waals surface area contributed by atoms with Gasteiger partial charge >= 0.3 is 0 Å². The van der Waals surface area contributed by atoms with Crippen LogP contribution in [0.3, 0.4) is 0 Å². The molecule has 4 rings (SSSR count). The van der Waals surface area contributed by atoms with Gasteiger partial charge in [-0.2, -0.15) is 17.0 Å². The second-order valence-corrected chi connectivity index (χ2v) is 10.2. The fraction of sp³-hybridized carbons (Fsp3) is 0.500. The van der Waals surface area contributed by atoms with Gasteiger partial charge in [-0.25, -0.2) is 0 Å². The SMILES string of the molecule is Cc1ccc(Nc2cc(C)nc([C@H]3CCCN(S(=O)(=O)N4CCCC4)C3)c2)cc1. The number of benzene rings is 1. The van der Waals surface area contributed by atoms with Crippen molar-refractivity contribution in [3.05, 3.63) is 53.3 Å². The second-order valence-electron chi connectivity index (χ2n) is 8.22. The molecule has 1 aromatic carbocycles. The van der Waals surface area contributed by atoms with Gasteiger partial charge in [0, 0.05) is 54.9 Å². The van der Waals surface area contributed by atoms with E-state index in [2.05, 4.69) is 42.6 Å². The maximum atomic E-state index is 13.0. The van der Waals surface area contributed by atoms with Crippen molar-refractivity contribution in [3.8, 4) is 0 Å². The summed E-state index contributed by atoms with van der Waals surface area (Å²) >= 11 is 0. The molecule has 1 atom stereocenters. The van der Waals surface area contributed by atoms with E-state index in [-0.39, 0.29) is 5.92 Å². The van der Waals surface area contributed by atoms with E-state index in [4.69, 9.17) is 4.98 Å². The third kappa shape index (κ3) is 4.63. The van der Waals surface area contributed by atoms with Crippen molar-refractivity contribution >= 4 is 21.6 Å². The predicted octanol–water partition coefficient (Wildman–Crippen LogP) is 3.96. The summed E-state index contributed by atoms with van der Waals surface area (Å²) in [4.78, 5) is 4.75. The summed E-state index contributed by atoms with van der Waals surface area (Å²) in [5, 5.41) is 3.46. The molecule has 0 bridgehead atoms. The van der Waals surface area contributed by atoms with Crippen LogP contribution in [-0.2, 0) is 10.2 Å². The lowest BCUT2D eigenvalue weighted by Crippen LogP contribution is -2.46. The molecule has 6 nitrogen and oxygen atoms in total. The van der Waals surface area contributed by atoms with E-state index in [1.165, 1.54) is 5.56 Å². The molecule has 0 saturated carbocycles. The molecule has 0 amide bonds. The average molecular weight is 415 g/mol.